The van der Waals surface area contributed by atoms with Crippen LogP contribution in [-0.4, -0.2) is 53.1 Å². The number of nitrogens with two attached hydrogens (primary N) is 1. The molecule has 1 saturated heterocycles. The molecule has 0 saturated carbocycles. The van der Waals surface area contributed by atoms with Gasteiger partial charge in [0, 0.05) is 38.6 Å². The number of carbonyl (C=O) groups is 2. The molecule has 2 aromatic rings. The number of nitrogens with zero attached hydrogens (tertiary/aromatic N) is 2. The monoisotopic (exact) mass is 504 g/mol. The Morgan fingerprint density at radius 1 is 1.03 bits per heavy atom. The van der Waals surface area contributed by atoms with Gasteiger partial charge < -0.3 is 26.0 Å². The van der Waals surface area contributed by atoms with Crippen LogP contribution in [-0.2, 0) is 17.8 Å². The zero-order valence-corrected chi connectivity index (χ0v) is 22.0. The van der Waals surface area contributed by atoms with E-state index in [-0.39, 0.29) is 18.4 Å². The van der Waals surface area contributed by atoms with E-state index in [1.807, 2.05) is 28.9 Å². The molecule has 0 radical (unpaired) electrons. The first-order chi connectivity index (χ1) is 17.9. The van der Waals surface area contributed by atoms with Crippen LogP contribution < -0.4 is 11.1 Å². The van der Waals surface area contributed by atoms with E-state index in [0.29, 0.717) is 18.2 Å². The number of piperidine rings is 1. The number of nitrogen functional groups attached to an aromatic ring is 1. The van der Waals surface area contributed by atoms with Crippen LogP contribution in [0.1, 0.15) is 78.7 Å². The Kier molecular flexibility index (Phi) is 7.58. The van der Waals surface area contributed by atoms with Crippen molar-refractivity contribution >= 4 is 23.4 Å². The molecule has 2 amide bonds. The molecule has 1 atom stereocenters. The van der Waals surface area contributed by atoms with E-state index in [1.165, 1.54) is 24.8 Å². The molecule has 7 bridgehead atoms. The third kappa shape index (κ3) is 5.55. The van der Waals surface area contributed by atoms with Gasteiger partial charge in [0.2, 0.25) is 0 Å². The number of urea groups is 1. The van der Waals surface area contributed by atoms with Gasteiger partial charge in [-0.3, -0.25) is 4.79 Å². The van der Waals surface area contributed by atoms with Crippen molar-refractivity contribution in [3.8, 4) is 0 Å². The number of benzene rings is 2. The van der Waals surface area contributed by atoms with E-state index in [1.54, 1.807) is 0 Å². The van der Waals surface area contributed by atoms with Crippen LogP contribution >= 0.6 is 0 Å². The zero-order chi connectivity index (χ0) is 25.9. The lowest BCUT2D eigenvalue weighted by Gasteiger charge is -2.38. The number of rotatable bonds is 2. The summed E-state index contributed by atoms with van der Waals surface area (Å²) in [5.41, 5.74) is 13.4. The molecular formula is C30H40N4O3. The van der Waals surface area contributed by atoms with Gasteiger partial charge in [-0.15, -0.1) is 0 Å². The maximum Gasteiger partial charge on any atom is 0.320 e. The molecule has 6 aliphatic heterocycles. The van der Waals surface area contributed by atoms with Gasteiger partial charge in [0.25, 0.3) is 0 Å². The highest BCUT2D eigenvalue weighted by Crippen LogP contribution is 2.37. The van der Waals surface area contributed by atoms with Crippen molar-refractivity contribution in [2.75, 3.05) is 37.2 Å². The Morgan fingerprint density at radius 2 is 1.84 bits per heavy atom. The third-order valence-corrected chi connectivity index (χ3v) is 8.72. The maximum absolute atomic E-state index is 13.4. The van der Waals surface area contributed by atoms with Crippen LogP contribution in [0.5, 0.6) is 0 Å². The highest BCUT2D eigenvalue weighted by molar-refractivity contribution is 5.76. The Bertz CT molecular complexity index is 1160. The predicted octanol–water partition coefficient (Wildman–Crippen LogP) is 5.36. The number of amides is 2. The average molecular weight is 505 g/mol. The first-order valence-corrected chi connectivity index (χ1v) is 13.9. The molecule has 6 heterocycles. The van der Waals surface area contributed by atoms with Gasteiger partial charge >= 0.3 is 12.0 Å². The highest BCUT2D eigenvalue weighted by atomic mass is 16.4. The molecule has 7 nitrogen and oxygen atoms in total. The summed E-state index contributed by atoms with van der Waals surface area (Å²) < 4.78 is 0. The van der Waals surface area contributed by atoms with Crippen molar-refractivity contribution in [1.82, 2.24) is 9.80 Å². The largest absolute Gasteiger partial charge is 0.481 e. The molecule has 198 valence electrons. The topological polar surface area (TPSA) is 98.9 Å². The SMILES string of the molecule is Cc1c2ccc(c1N)NCCCCCC1CCN(CC1)C(=O)N1CCc3ccc(cc3C1)C2CC(=O)O. The minimum atomic E-state index is -0.839. The molecule has 7 heteroatoms. The summed E-state index contributed by atoms with van der Waals surface area (Å²) in [5, 5.41) is 13.3. The van der Waals surface area contributed by atoms with Gasteiger partial charge in [0.15, 0.2) is 0 Å². The minimum Gasteiger partial charge on any atom is -0.481 e. The molecule has 0 aromatic heterocycles. The fraction of sp³-hybridized carbons (Fsp3) is 0.533. The first-order valence-electron chi connectivity index (χ1n) is 13.9. The van der Waals surface area contributed by atoms with Gasteiger partial charge in [-0.05, 0) is 72.4 Å². The second kappa shape index (κ2) is 11.0. The van der Waals surface area contributed by atoms with E-state index in [0.717, 1.165) is 79.8 Å². The van der Waals surface area contributed by atoms with Crippen LogP contribution in [0, 0.1) is 12.8 Å². The van der Waals surface area contributed by atoms with Gasteiger partial charge in [-0.25, -0.2) is 4.79 Å². The van der Waals surface area contributed by atoms with E-state index in [4.69, 9.17) is 5.73 Å². The second-order valence-corrected chi connectivity index (χ2v) is 11.1. The van der Waals surface area contributed by atoms with Crippen molar-refractivity contribution < 1.29 is 14.7 Å². The van der Waals surface area contributed by atoms with Crippen LogP contribution in [0.4, 0.5) is 16.2 Å². The molecule has 1 fully saturated rings. The second-order valence-electron chi connectivity index (χ2n) is 11.1. The number of anilines is 2. The van der Waals surface area contributed by atoms with Crippen molar-refractivity contribution in [1.29, 1.82) is 0 Å². The molecule has 2 aromatic carbocycles. The zero-order valence-electron chi connectivity index (χ0n) is 22.0. The lowest BCUT2D eigenvalue weighted by atomic mass is 9.83. The standard InChI is InChI=1S/C30H40N4O3/c1-20-25-8-9-27(29(20)31)32-13-4-2-3-5-21-10-14-33(15-11-21)30(37)34-16-12-22-6-7-23(17-24(22)19-34)26(25)18-28(35)36/h6-9,17,21,26,32H,2-5,10-16,18-19,31H2,1H3,(H,35,36). The summed E-state index contributed by atoms with van der Waals surface area (Å²) in [5.74, 6) is -0.431. The van der Waals surface area contributed by atoms with Gasteiger partial charge in [-0.2, -0.15) is 0 Å². The summed E-state index contributed by atoms with van der Waals surface area (Å²) in [6, 6.07) is 10.5. The molecule has 8 rings (SSSR count). The molecular weight excluding hydrogens is 464 g/mol. The molecule has 4 N–H and O–H groups in total. The summed E-state index contributed by atoms with van der Waals surface area (Å²) in [6.45, 7) is 5.86. The van der Waals surface area contributed by atoms with Crippen LogP contribution in [0.2, 0.25) is 0 Å². The number of carbonyl (C=O) groups excluding carboxylic acids is 1. The Hall–Kier alpha value is -3.22. The molecule has 6 aliphatic rings. The normalized spacial score (nSPS) is 22.6. The van der Waals surface area contributed by atoms with Crippen LogP contribution in [0.3, 0.4) is 0 Å². The van der Waals surface area contributed by atoms with E-state index in [2.05, 4.69) is 23.5 Å². The predicted molar refractivity (Wildman–Crippen MR) is 147 cm³/mol. The number of carboxylic acid groups (broad SMARTS) is 1. The lowest BCUT2D eigenvalue weighted by molar-refractivity contribution is -0.137. The number of aliphatic carboxylic acids is 1. The van der Waals surface area contributed by atoms with Crippen LogP contribution in [0.15, 0.2) is 30.3 Å². The summed E-state index contributed by atoms with van der Waals surface area (Å²) in [7, 11) is 0. The van der Waals surface area contributed by atoms with Crippen molar-refractivity contribution in [3.63, 3.8) is 0 Å². The summed E-state index contributed by atoms with van der Waals surface area (Å²) >= 11 is 0. The fourth-order valence-electron chi connectivity index (χ4n) is 6.39. The first kappa shape index (κ1) is 25.4. The Morgan fingerprint density at radius 3 is 2.62 bits per heavy atom. The molecule has 0 spiro atoms. The van der Waals surface area contributed by atoms with Crippen LogP contribution in [0.25, 0.3) is 0 Å². The summed E-state index contributed by atoms with van der Waals surface area (Å²) in [4.78, 5) is 29.3. The van der Waals surface area contributed by atoms with Gasteiger partial charge in [-0.1, -0.05) is 43.5 Å². The summed E-state index contributed by atoms with van der Waals surface area (Å²) in [6.07, 6.45) is 7.72. The quantitative estimate of drug-likeness (QED) is 0.478. The minimum absolute atomic E-state index is 0.0105. The number of carboxylic acids is 1. The number of hydrogen-bond acceptors (Lipinski definition) is 4. The molecule has 0 aliphatic carbocycles. The van der Waals surface area contributed by atoms with E-state index >= 15 is 0 Å². The van der Waals surface area contributed by atoms with Crippen molar-refractivity contribution in [2.24, 2.45) is 5.92 Å². The van der Waals surface area contributed by atoms with E-state index in [9.17, 15) is 14.7 Å². The average Bonchev–Trinajstić information content (AvgIpc) is 2.90. The highest BCUT2D eigenvalue weighted by Gasteiger charge is 2.29. The van der Waals surface area contributed by atoms with Crippen molar-refractivity contribution in [2.45, 2.75) is 70.8 Å². The van der Waals surface area contributed by atoms with Gasteiger partial charge in [0.05, 0.1) is 17.8 Å². The third-order valence-electron chi connectivity index (χ3n) is 8.72. The number of nitrogens with one attached hydrogen (secondary N) is 1. The fourth-order valence-corrected chi connectivity index (χ4v) is 6.39. The maximum atomic E-state index is 13.4. The smallest absolute Gasteiger partial charge is 0.320 e. The molecule has 37 heavy (non-hydrogen) atoms. The van der Waals surface area contributed by atoms with Gasteiger partial charge in [0.1, 0.15) is 0 Å². The van der Waals surface area contributed by atoms with Crippen molar-refractivity contribution in [3.05, 3.63) is 58.1 Å². The lowest BCUT2D eigenvalue weighted by Crippen LogP contribution is -2.48. The Labute approximate surface area is 220 Å². The van der Waals surface area contributed by atoms with E-state index < -0.39 is 5.97 Å². The number of hydrogen-bond donors (Lipinski definition) is 3. The molecule has 1 unspecified atom stereocenters. The Balaban J connectivity index is 1.49.